The molecule has 1 aromatic heterocycles. The second-order valence-corrected chi connectivity index (χ2v) is 9.80. The number of cyclic esters (lactones) is 2. The molecule has 0 saturated carbocycles. The number of unbranched alkanes of at least 4 members (excludes halogenated alkanes) is 2. The molecule has 2 aliphatic heterocycles. The summed E-state index contributed by atoms with van der Waals surface area (Å²) in [5.74, 6) is -1.08. The molecule has 32 heavy (non-hydrogen) atoms. The van der Waals surface area contributed by atoms with Crippen LogP contribution in [0.25, 0.3) is 0 Å². The van der Waals surface area contributed by atoms with Gasteiger partial charge in [0.2, 0.25) is 0 Å². The molecule has 0 amide bonds. The SMILES string of the molecule is CCCCCOC[C@@H]1C[C@]2(C[C@@](C)(c3csc(Nc4ccccc4Cl)n3)OC2=O)C(=O)O1. The standard InChI is InChI=1S/C23H27ClN2O5S/c1-3-4-7-10-29-12-15-11-23(19(27)30-15)14-22(2,31-20(23)28)18-13-32-21(26-18)25-17-9-6-5-8-16(17)24/h5-6,8-9,13,15H,3-4,7,10-12,14H2,1-2H3,(H,25,26)/t15-,22-,23-/m0/s1. The number of nitrogens with one attached hydrogen (secondary N) is 1. The zero-order valence-electron chi connectivity index (χ0n) is 18.2. The van der Waals surface area contributed by atoms with Gasteiger partial charge in [0.05, 0.1) is 23.0 Å². The number of carbonyl (C=O) groups is 2. The number of para-hydroxylation sites is 1. The number of anilines is 2. The van der Waals surface area contributed by atoms with Gasteiger partial charge >= 0.3 is 11.9 Å². The number of esters is 2. The van der Waals surface area contributed by atoms with Crippen LogP contribution >= 0.6 is 22.9 Å². The van der Waals surface area contributed by atoms with E-state index in [1.54, 1.807) is 13.0 Å². The molecular formula is C23H27ClN2O5S. The Kier molecular flexibility index (Phi) is 6.74. The lowest BCUT2D eigenvalue weighted by Gasteiger charge is -2.20. The smallest absolute Gasteiger partial charge is 0.324 e. The first-order valence-electron chi connectivity index (χ1n) is 10.9. The number of hydrogen-bond acceptors (Lipinski definition) is 8. The first-order chi connectivity index (χ1) is 15.4. The highest BCUT2D eigenvalue weighted by atomic mass is 35.5. The Morgan fingerprint density at radius 2 is 2.09 bits per heavy atom. The Bertz CT molecular complexity index is 998. The van der Waals surface area contributed by atoms with Crippen LogP contribution in [0, 0.1) is 5.41 Å². The van der Waals surface area contributed by atoms with E-state index in [0.717, 1.165) is 24.9 Å². The average molecular weight is 479 g/mol. The van der Waals surface area contributed by atoms with Gasteiger partial charge in [0.15, 0.2) is 16.1 Å². The van der Waals surface area contributed by atoms with E-state index < -0.39 is 29.1 Å². The fraction of sp³-hybridized carbons (Fsp3) is 0.522. The first-order valence-corrected chi connectivity index (χ1v) is 12.1. The Morgan fingerprint density at radius 1 is 1.28 bits per heavy atom. The molecule has 7 nitrogen and oxygen atoms in total. The maximum atomic E-state index is 12.9. The lowest BCUT2D eigenvalue weighted by Crippen LogP contribution is -2.32. The highest BCUT2D eigenvalue weighted by molar-refractivity contribution is 7.13. The van der Waals surface area contributed by atoms with Crippen LogP contribution in [-0.2, 0) is 29.4 Å². The molecule has 2 saturated heterocycles. The van der Waals surface area contributed by atoms with Crippen molar-refractivity contribution < 1.29 is 23.8 Å². The van der Waals surface area contributed by atoms with Gasteiger partial charge in [-0.1, -0.05) is 43.5 Å². The number of rotatable bonds is 9. The fourth-order valence-corrected chi connectivity index (χ4v) is 5.26. The molecule has 4 rings (SSSR count). The molecule has 0 radical (unpaired) electrons. The van der Waals surface area contributed by atoms with Crippen molar-refractivity contribution in [3.05, 3.63) is 40.4 Å². The van der Waals surface area contributed by atoms with Crippen LogP contribution in [0.5, 0.6) is 0 Å². The molecule has 1 N–H and O–H groups in total. The summed E-state index contributed by atoms with van der Waals surface area (Å²) in [5, 5.41) is 6.22. The van der Waals surface area contributed by atoms with Gasteiger partial charge in [0, 0.05) is 24.8 Å². The van der Waals surface area contributed by atoms with Crippen LogP contribution in [0.4, 0.5) is 10.8 Å². The topological polar surface area (TPSA) is 86.8 Å². The summed E-state index contributed by atoms with van der Waals surface area (Å²) < 4.78 is 16.9. The molecule has 1 aromatic carbocycles. The van der Waals surface area contributed by atoms with E-state index in [1.165, 1.54) is 11.3 Å². The van der Waals surface area contributed by atoms with E-state index in [-0.39, 0.29) is 12.8 Å². The summed E-state index contributed by atoms with van der Waals surface area (Å²) in [6.07, 6.45) is 3.20. The number of halogens is 1. The largest absolute Gasteiger partial charge is 0.459 e. The van der Waals surface area contributed by atoms with Gasteiger partial charge in [-0.15, -0.1) is 11.3 Å². The number of hydrogen-bond donors (Lipinski definition) is 1. The van der Waals surface area contributed by atoms with E-state index in [9.17, 15) is 9.59 Å². The number of carbonyl (C=O) groups excluding carboxylic acids is 2. The number of ether oxygens (including phenoxy) is 3. The minimum absolute atomic E-state index is 0.194. The van der Waals surface area contributed by atoms with Crippen molar-refractivity contribution >= 4 is 45.7 Å². The minimum atomic E-state index is -1.30. The average Bonchev–Trinajstić information content (AvgIpc) is 3.42. The number of benzene rings is 1. The highest BCUT2D eigenvalue weighted by Gasteiger charge is 2.65. The van der Waals surface area contributed by atoms with Gasteiger partial charge in [-0.05, 0) is 25.5 Å². The Balaban J connectivity index is 1.43. The van der Waals surface area contributed by atoms with Gasteiger partial charge in [0.25, 0.3) is 0 Å². The third-order valence-corrected chi connectivity index (χ3v) is 7.03. The minimum Gasteiger partial charge on any atom is -0.459 e. The Morgan fingerprint density at radius 3 is 2.88 bits per heavy atom. The van der Waals surface area contributed by atoms with Crippen molar-refractivity contribution in [2.75, 3.05) is 18.5 Å². The third kappa shape index (κ3) is 4.49. The zero-order chi connectivity index (χ0) is 22.8. The zero-order valence-corrected chi connectivity index (χ0v) is 19.8. The highest BCUT2D eigenvalue weighted by Crippen LogP contribution is 2.52. The molecule has 0 bridgehead atoms. The van der Waals surface area contributed by atoms with E-state index in [2.05, 4.69) is 17.2 Å². The molecule has 0 unspecified atom stereocenters. The number of nitrogens with zero attached hydrogens (tertiary/aromatic N) is 1. The van der Waals surface area contributed by atoms with Crippen LogP contribution in [0.3, 0.4) is 0 Å². The van der Waals surface area contributed by atoms with Crippen molar-refractivity contribution in [1.29, 1.82) is 0 Å². The van der Waals surface area contributed by atoms with Crippen molar-refractivity contribution in [2.45, 2.75) is 57.7 Å². The molecular weight excluding hydrogens is 452 g/mol. The van der Waals surface area contributed by atoms with E-state index >= 15 is 0 Å². The monoisotopic (exact) mass is 478 g/mol. The number of aromatic nitrogens is 1. The lowest BCUT2D eigenvalue weighted by atomic mass is 9.78. The van der Waals surface area contributed by atoms with E-state index in [4.69, 9.17) is 25.8 Å². The Labute approximate surface area is 196 Å². The second-order valence-electron chi connectivity index (χ2n) is 8.54. The first kappa shape index (κ1) is 23.0. The predicted octanol–water partition coefficient (Wildman–Crippen LogP) is 5.21. The van der Waals surface area contributed by atoms with Gasteiger partial charge in [-0.3, -0.25) is 9.59 Å². The van der Waals surface area contributed by atoms with Crippen LogP contribution < -0.4 is 5.32 Å². The van der Waals surface area contributed by atoms with Crippen molar-refractivity contribution in [3.63, 3.8) is 0 Å². The second kappa shape index (κ2) is 9.37. The fourth-order valence-electron chi connectivity index (χ4n) is 4.23. The van der Waals surface area contributed by atoms with Gasteiger partial charge in [0.1, 0.15) is 6.10 Å². The van der Waals surface area contributed by atoms with Crippen molar-refractivity contribution in [3.8, 4) is 0 Å². The third-order valence-electron chi connectivity index (χ3n) is 5.95. The van der Waals surface area contributed by atoms with E-state index in [0.29, 0.717) is 29.1 Å². The molecule has 3 heterocycles. The van der Waals surface area contributed by atoms with Gasteiger partial charge in [-0.2, -0.15) is 0 Å². The van der Waals surface area contributed by atoms with E-state index in [1.807, 2.05) is 23.6 Å². The summed E-state index contributed by atoms with van der Waals surface area (Å²) in [6, 6.07) is 7.37. The van der Waals surface area contributed by atoms with Crippen molar-refractivity contribution in [2.24, 2.45) is 5.41 Å². The molecule has 1 spiro atoms. The van der Waals surface area contributed by atoms with Gasteiger partial charge < -0.3 is 19.5 Å². The summed E-state index contributed by atoms with van der Waals surface area (Å²) in [6.45, 7) is 4.83. The maximum Gasteiger partial charge on any atom is 0.324 e. The number of thiazole rings is 1. The molecule has 2 fully saturated rings. The van der Waals surface area contributed by atoms with Gasteiger partial charge in [-0.25, -0.2) is 4.98 Å². The molecule has 9 heteroatoms. The maximum absolute atomic E-state index is 12.9. The summed E-state index contributed by atoms with van der Waals surface area (Å²) >= 11 is 7.59. The quantitative estimate of drug-likeness (QED) is 0.300. The molecule has 2 aliphatic rings. The lowest BCUT2D eigenvalue weighted by molar-refractivity contribution is -0.160. The summed E-state index contributed by atoms with van der Waals surface area (Å²) in [4.78, 5) is 30.2. The van der Waals surface area contributed by atoms with Crippen LogP contribution in [0.2, 0.25) is 5.02 Å². The summed E-state index contributed by atoms with van der Waals surface area (Å²) in [7, 11) is 0. The summed E-state index contributed by atoms with van der Waals surface area (Å²) in [5.41, 5.74) is -0.980. The Hall–Kier alpha value is -2.16. The van der Waals surface area contributed by atoms with Crippen LogP contribution in [0.1, 0.15) is 51.6 Å². The molecule has 172 valence electrons. The predicted molar refractivity (Wildman–Crippen MR) is 122 cm³/mol. The molecule has 3 atom stereocenters. The van der Waals surface area contributed by atoms with Crippen molar-refractivity contribution in [1.82, 2.24) is 4.98 Å². The normalized spacial score (nSPS) is 27.0. The molecule has 2 aromatic rings. The van der Waals surface area contributed by atoms with Crippen LogP contribution in [0.15, 0.2) is 29.6 Å². The molecule has 0 aliphatic carbocycles. The van der Waals surface area contributed by atoms with Crippen LogP contribution in [-0.4, -0.2) is 36.2 Å².